The molecule has 2 N–H and O–H groups in total. The third-order valence-corrected chi connectivity index (χ3v) is 4.87. The lowest BCUT2D eigenvalue weighted by molar-refractivity contribution is 0.0793. The number of hydrogen-bond acceptors (Lipinski definition) is 4. The van der Waals surface area contributed by atoms with E-state index in [0.717, 1.165) is 25.9 Å². The molecule has 28 heavy (non-hydrogen) atoms. The second kappa shape index (κ2) is 7.16. The highest BCUT2D eigenvalue weighted by atomic mass is 19.1. The maximum absolute atomic E-state index is 14.0. The molecule has 4 rings (SSSR count). The summed E-state index contributed by atoms with van der Waals surface area (Å²) in [5, 5.41) is 13.2. The monoisotopic (exact) mass is 375 g/mol. The van der Waals surface area contributed by atoms with Crippen molar-refractivity contribution in [2.45, 2.75) is 12.8 Å². The summed E-state index contributed by atoms with van der Waals surface area (Å²) in [6.07, 6.45) is 2.09. The molecule has 0 spiro atoms. The van der Waals surface area contributed by atoms with Gasteiger partial charge in [-0.3, -0.25) is 4.79 Å². The first-order valence-electron chi connectivity index (χ1n) is 9.02. The number of carbonyl (C=O) groups excluding carboxylic acids is 1. The minimum atomic E-state index is -0.599. The number of anilines is 1. The van der Waals surface area contributed by atoms with Crippen LogP contribution in [0.25, 0.3) is 16.9 Å². The minimum absolute atomic E-state index is 0.0208. The largest absolute Gasteiger partial charge is 0.382 e. The first-order chi connectivity index (χ1) is 13.6. The van der Waals surface area contributed by atoms with Crippen molar-refractivity contribution in [3.05, 3.63) is 65.5 Å². The number of nitrogens with two attached hydrogens (primary N) is 1. The van der Waals surface area contributed by atoms with E-state index < -0.39 is 5.82 Å². The van der Waals surface area contributed by atoms with Crippen LogP contribution in [0.3, 0.4) is 0 Å². The van der Waals surface area contributed by atoms with Crippen LogP contribution in [0.5, 0.6) is 0 Å². The Morgan fingerprint density at radius 2 is 1.82 bits per heavy atom. The van der Waals surface area contributed by atoms with Crippen molar-refractivity contribution in [2.24, 2.45) is 0 Å². The van der Waals surface area contributed by atoms with Gasteiger partial charge in [-0.2, -0.15) is 10.4 Å². The number of benzene rings is 2. The van der Waals surface area contributed by atoms with Crippen molar-refractivity contribution in [2.75, 3.05) is 18.8 Å². The first-order valence-corrected chi connectivity index (χ1v) is 9.02. The predicted octanol–water partition coefficient (Wildman–Crippen LogP) is 3.37. The minimum Gasteiger partial charge on any atom is -0.382 e. The van der Waals surface area contributed by atoms with E-state index in [-0.39, 0.29) is 17.3 Å². The summed E-state index contributed by atoms with van der Waals surface area (Å²) in [7, 11) is 0. The molecule has 1 amide bonds. The molecule has 2 aromatic carbocycles. The number of likely N-dealkylation sites (tertiary alicyclic amines) is 1. The molecule has 0 unspecified atom stereocenters. The van der Waals surface area contributed by atoms with Gasteiger partial charge in [0.15, 0.2) is 0 Å². The molecule has 2 heterocycles. The Labute approximate surface area is 161 Å². The van der Waals surface area contributed by atoms with Crippen molar-refractivity contribution >= 4 is 11.7 Å². The van der Waals surface area contributed by atoms with Crippen LogP contribution in [0.2, 0.25) is 0 Å². The van der Waals surface area contributed by atoms with Gasteiger partial charge in [-0.05, 0) is 49.2 Å². The normalized spacial score (nSPS) is 13.5. The maximum atomic E-state index is 14.0. The molecule has 1 aromatic heterocycles. The van der Waals surface area contributed by atoms with Crippen molar-refractivity contribution < 1.29 is 9.18 Å². The van der Waals surface area contributed by atoms with Crippen LogP contribution >= 0.6 is 0 Å². The summed E-state index contributed by atoms with van der Waals surface area (Å²) in [6.45, 7) is 1.59. The molecule has 0 atom stereocenters. The molecule has 0 bridgehead atoms. The zero-order valence-electron chi connectivity index (χ0n) is 15.1. The van der Waals surface area contributed by atoms with Gasteiger partial charge in [0.25, 0.3) is 5.91 Å². The lowest BCUT2D eigenvalue weighted by Crippen LogP contribution is -2.27. The third-order valence-electron chi connectivity index (χ3n) is 4.87. The van der Waals surface area contributed by atoms with Gasteiger partial charge in [0.05, 0.1) is 16.9 Å². The molecule has 0 radical (unpaired) electrons. The number of carbonyl (C=O) groups is 1. The van der Waals surface area contributed by atoms with Crippen molar-refractivity contribution in [3.8, 4) is 23.0 Å². The Balaban J connectivity index is 1.68. The van der Waals surface area contributed by atoms with Crippen LogP contribution in [0.1, 0.15) is 28.8 Å². The van der Waals surface area contributed by atoms with Gasteiger partial charge in [0.2, 0.25) is 0 Å². The topological polar surface area (TPSA) is 87.9 Å². The summed E-state index contributed by atoms with van der Waals surface area (Å²) < 4.78 is 15.6. The number of nitriles is 1. The highest BCUT2D eigenvalue weighted by molar-refractivity contribution is 5.94. The molecule has 6 nitrogen and oxygen atoms in total. The molecular weight excluding hydrogens is 357 g/mol. The summed E-state index contributed by atoms with van der Waals surface area (Å²) in [4.78, 5) is 14.4. The van der Waals surface area contributed by atoms with Gasteiger partial charge in [0.1, 0.15) is 17.7 Å². The summed E-state index contributed by atoms with van der Waals surface area (Å²) in [5.74, 6) is -0.284. The highest BCUT2D eigenvalue weighted by Gasteiger charge is 2.19. The number of amides is 1. The smallest absolute Gasteiger partial charge is 0.253 e. The van der Waals surface area contributed by atoms with E-state index in [0.29, 0.717) is 22.5 Å². The average Bonchev–Trinajstić information content (AvgIpc) is 3.37. The van der Waals surface area contributed by atoms with Gasteiger partial charge in [-0.15, -0.1) is 0 Å². The number of rotatable bonds is 3. The van der Waals surface area contributed by atoms with Crippen LogP contribution in [0.15, 0.2) is 48.5 Å². The molecule has 0 saturated carbocycles. The molecule has 1 aliphatic heterocycles. The van der Waals surface area contributed by atoms with Crippen molar-refractivity contribution in [3.63, 3.8) is 0 Å². The van der Waals surface area contributed by atoms with E-state index in [1.54, 1.807) is 41.1 Å². The van der Waals surface area contributed by atoms with E-state index in [2.05, 4.69) is 5.10 Å². The molecular formula is C21H18FN5O. The fraction of sp³-hybridized carbons (Fsp3) is 0.190. The molecule has 140 valence electrons. The van der Waals surface area contributed by atoms with Crippen LogP contribution < -0.4 is 5.73 Å². The number of nitrogens with zero attached hydrogens (tertiary/aromatic N) is 4. The Bertz CT molecular complexity index is 1080. The van der Waals surface area contributed by atoms with Gasteiger partial charge in [0, 0.05) is 30.3 Å². The standard InChI is InChI=1S/C21H18FN5O/c22-18-11-15(3-4-16(18)13-23)19-12-20(24)25-27(19)17-7-5-14(6-8-17)21(28)26-9-1-2-10-26/h3-8,11-12H,1-2,9-10H2,(H2,24,25). The lowest BCUT2D eigenvalue weighted by atomic mass is 10.1. The van der Waals surface area contributed by atoms with Gasteiger partial charge in [-0.25, -0.2) is 9.07 Å². The zero-order valence-corrected chi connectivity index (χ0v) is 15.1. The first kappa shape index (κ1) is 17.7. The lowest BCUT2D eigenvalue weighted by Gasteiger charge is -2.15. The fourth-order valence-electron chi connectivity index (χ4n) is 3.41. The number of hydrogen-bond donors (Lipinski definition) is 1. The molecule has 1 saturated heterocycles. The summed E-state index contributed by atoms with van der Waals surface area (Å²) in [6, 6.07) is 14.9. The molecule has 7 heteroatoms. The number of aromatic nitrogens is 2. The van der Waals surface area contributed by atoms with Crippen LogP contribution in [0, 0.1) is 17.1 Å². The second-order valence-electron chi connectivity index (χ2n) is 6.72. The Hall–Kier alpha value is -3.66. The second-order valence-corrected chi connectivity index (χ2v) is 6.72. The molecule has 3 aromatic rings. The van der Waals surface area contributed by atoms with Gasteiger partial charge >= 0.3 is 0 Å². The van der Waals surface area contributed by atoms with E-state index in [1.807, 2.05) is 11.0 Å². The fourth-order valence-corrected chi connectivity index (χ4v) is 3.41. The Kier molecular flexibility index (Phi) is 4.53. The Morgan fingerprint density at radius 3 is 2.46 bits per heavy atom. The van der Waals surface area contributed by atoms with E-state index in [9.17, 15) is 9.18 Å². The third kappa shape index (κ3) is 3.21. The summed E-state index contributed by atoms with van der Waals surface area (Å²) in [5.41, 5.74) is 8.33. The predicted molar refractivity (Wildman–Crippen MR) is 103 cm³/mol. The molecule has 1 fully saturated rings. The quantitative estimate of drug-likeness (QED) is 0.760. The van der Waals surface area contributed by atoms with Crippen molar-refractivity contribution in [1.29, 1.82) is 5.26 Å². The van der Waals surface area contributed by atoms with Gasteiger partial charge < -0.3 is 10.6 Å². The van der Waals surface area contributed by atoms with Gasteiger partial charge in [-0.1, -0.05) is 6.07 Å². The SMILES string of the molecule is N#Cc1ccc(-c2cc(N)nn2-c2ccc(C(=O)N3CCCC3)cc2)cc1F. The average molecular weight is 375 g/mol. The number of nitrogen functional groups attached to an aromatic ring is 1. The zero-order chi connectivity index (χ0) is 19.7. The maximum Gasteiger partial charge on any atom is 0.253 e. The molecule has 0 aliphatic carbocycles. The van der Waals surface area contributed by atoms with Crippen LogP contribution in [0.4, 0.5) is 10.2 Å². The van der Waals surface area contributed by atoms with Crippen LogP contribution in [-0.4, -0.2) is 33.7 Å². The highest BCUT2D eigenvalue weighted by Crippen LogP contribution is 2.27. The Morgan fingerprint density at radius 1 is 1.11 bits per heavy atom. The molecule has 1 aliphatic rings. The van der Waals surface area contributed by atoms with E-state index >= 15 is 0 Å². The van der Waals surface area contributed by atoms with Crippen molar-refractivity contribution in [1.82, 2.24) is 14.7 Å². The summed E-state index contributed by atoms with van der Waals surface area (Å²) >= 11 is 0. The number of halogens is 1. The van der Waals surface area contributed by atoms with E-state index in [4.69, 9.17) is 11.0 Å². The van der Waals surface area contributed by atoms with Crippen LogP contribution in [-0.2, 0) is 0 Å². The van der Waals surface area contributed by atoms with E-state index in [1.165, 1.54) is 12.1 Å².